The quantitative estimate of drug-likeness (QED) is 0.780. The maximum atomic E-state index is 9.12. The van der Waals surface area contributed by atoms with Crippen LogP contribution in [0.5, 0.6) is 0 Å². The highest BCUT2D eigenvalue weighted by atomic mass is 32.1. The maximum Gasteiger partial charge on any atom is 0.204 e. The summed E-state index contributed by atoms with van der Waals surface area (Å²) in [7, 11) is 2.02. The van der Waals surface area contributed by atoms with Gasteiger partial charge in [0.15, 0.2) is 0 Å². The van der Waals surface area contributed by atoms with Crippen LogP contribution in [0.25, 0.3) is 0 Å². The Morgan fingerprint density at radius 2 is 2.46 bits per heavy atom. The van der Waals surface area contributed by atoms with Crippen LogP contribution in [0.15, 0.2) is 6.33 Å². The van der Waals surface area contributed by atoms with Crippen molar-refractivity contribution in [2.75, 3.05) is 18.5 Å². The van der Waals surface area contributed by atoms with E-state index in [0.717, 1.165) is 24.5 Å². The van der Waals surface area contributed by atoms with Crippen LogP contribution < -0.4 is 4.90 Å². The van der Waals surface area contributed by atoms with Gasteiger partial charge in [-0.3, -0.25) is 0 Å². The fraction of sp³-hybridized carbons (Fsp3) is 0.750. The molecule has 1 saturated carbocycles. The molecule has 13 heavy (non-hydrogen) atoms. The van der Waals surface area contributed by atoms with Crippen LogP contribution in [0.2, 0.25) is 0 Å². The summed E-state index contributed by atoms with van der Waals surface area (Å²) in [6, 6.07) is 0. The molecule has 0 radical (unpaired) electrons. The lowest BCUT2D eigenvalue weighted by molar-refractivity contribution is 0.0465. The number of aliphatic hydroxyl groups is 1. The maximum absolute atomic E-state index is 9.12. The number of anilines is 1. The van der Waals surface area contributed by atoms with Crippen LogP contribution >= 0.6 is 11.5 Å². The third kappa shape index (κ3) is 1.97. The Morgan fingerprint density at radius 1 is 1.69 bits per heavy atom. The van der Waals surface area contributed by atoms with Crippen molar-refractivity contribution in [1.29, 1.82) is 0 Å². The molecule has 4 nitrogen and oxygen atoms in total. The topological polar surface area (TPSA) is 49.2 Å². The van der Waals surface area contributed by atoms with Gasteiger partial charge < -0.3 is 10.0 Å². The molecule has 0 spiro atoms. The summed E-state index contributed by atoms with van der Waals surface area (Å²) < 4.78 is 3.95. The summed E-state index contributed by atoms with van der Waals surface area (Å²) in [5.74, 6) is 0.629. The summed E-state index contributed by atoms with van der Waals surface area (Å²) in [5.41, 5.74) is 0. The Bertz CT molecular complexity index is 258. The predicted octanol–water partition coefficient (Wildman–Crippen LogP) is 0.745. The van der Waals surface area contributed by atoms with Crippen molar-refractivity contribution in [2.24, 2.45) is 5.92 Å². The summed E-state index contributed by atoms with van der Waals surface area (Å²) in [6.45, 7) is 0.978. The van der Waals surface area contributed by atoms with Gasteiger partial charge in [0.25, 0.3) is 0 Å². The molecule has 0 bridgehead atoms. The third-order valence-corrected chi connectivity index (χ3v) is 3.20. The summed E-state index contributed by atoms with van der Waals surface area (Å²) in [4.78, 5) is 6.22. The molecule has 1 heterocycles. The van der Waals surface area contributed by atoms with Crippen LogP contribution in [0.3, 0.4) is 0 Å². The standard InChI is InChI=1S/C8H13N3OS/c1-11(8-9-5-10-13-8)4-6-2-7(12)3-6/h5-7,12H,2-4H2,1H3. The van der Waals surface area contributed by atoms with Crippen molar-refractivity contribution in [3.8, 4) is 0 Å². The number of hydrogen-bond donors (Lipinski definition) is 1. The van der Waals surface area contributed by atoms with Crippen LogP contribution in [-0.4, -0.2) is 34.2 Å². The number of aromatic nitrogens is 2. The fourth-order valence-corrected chi connectivity index (χ4v) is 2.15. The Morgan fingerprint density at radius 3 is 3.00 bits per heavy atom. The average molecular weight is 199 g/mol. The number of aliphatic hydroxyl groups excluding tert-OH is 1. The first-order chi connectivity index (χ1) is 6.25. The van der Waals surface area contributed by atoms with Gasteiger partial charge in [0.1, 0.15) is 6.33 Å². The van der Waals surface area contributed by atoms with E-state index < -0.39 is 0 Å². The van der Waals surface area contributed by atoms with Crippen molar-refractivity contribution in [1.82, 2.24) is 9.36 Å². The van der Waals surface area contributed by atoms with E-state index in [4.69, 9.17) is 5.11 Å². The van der Waals surface area contributed by atoms with E-state index in [0.29, 0.717) is 5.92 Å². The molecule has 0 atom stereocenters. The highest BCUT2D eigenvalue weighted by molar-refractivity contribution is 7.09. The lowest BCUT2D eigenvalue weighted by Gasteiger charge is -2.34. The van der Waals surface area contributed by atoms with Gasteiger partial charge in [0.05, 0.1) is 6.10 Å². The number of nitrogens with zero attached hydrogens (tertiary/aromatic N) is 3. The first-order valence-corrected chi connectivity index (χ1v) is 5.19. The van der Waals surface area contributed by atoms with Gasteiger partial charge >= 0.3 is 0 Å². The van der Waals surface area contributed by atoms with E-state index in [-0.39, 0.29) is 6.10 Å². The third-order valence-electron chi connectivity index (χ3n) is 2.42. The Balaban J connectivity index is 1.82. The molecule has 72 valence electrons. The van der Waals surface area contributed by atoms with Crippen LogP contribution in [0.4, 0.5) is 5.13 Å². The fourth-order valence-electron chi connectivity index (χ4n) is 1.65. The molecule has 0 saturated heterocycles. The van der Waals surface area contributed by atoms with E-state index >= 15 is 0 Å². The minimum Gasteiger partial charge on any atom is -0.393 e. The molecule has 0 aliphatic heterocycles. The second-order valence-corrected chi connectivity index (χ2v) is 4.35. The average Bonchev–Trinajstić information content (AvgIpc) is 2.53. The van der Waals surface area contributed by atoms with Crippen LogP contribution in [-0.2, 0) is 0 Å². The van der Waals surface area contributed by atoms with Crippen molar-refractivity contribution in [3.05, 3.63) is 6.33 Å². The number of hydrogen-bond acceptors (Lipinski definition) is 5. The second-order valence-electron chi connectivity index (χ2n) is 3.60. The highest BCUT2D eigenvalue weighted by Gasteiger charge is 2.28. The first kappa shape index (κ1) is 8.90. The van der Waals surface area contributed by atoms with Gasteiger partial charge in [-0.1, -0.05) is 0 Å². The lowest BCUT2D eigenvalue weighted by atomic mass is 9.82. The van der Waals surface area contributed by atoms with Gasteiger partial charge in [0, 0.05) is 25.1 Å². The van der Waals surface area contributed by atoms with Gasteiger partial charge in [-0.25, -0.2) is 4.98 Å². The molecule has 1 aliphatic carbocycles. The van der Waals surface area contributed by atoms with Gasteiger partial charge in [0.2, 0.25) is 5.13 Å². The summed E-state index contributed by atoms with van der Waals surface area (Å²) >= 11 is 1.41. The molecule has 1 aliphatic rings. The Hall–Kier alpha value is -0.680. The van der Waals surface area contributed by atoms with E-state index in [2.05, 4.69) is 14.3 Å². The highest BCUT2D eigenvalue weighted by Crippen LogP contribution is 2.28. The molecule has 5 heteroatoms. The van der Waals surface area contributed by atoms with Crippen LogP contribution in [0.1, 0.15) is 12.8 Å². The monoisotopic (exact) mass is 199 g/mol. The molecule has 0 unspecified atom stereocenters. The Kier molecular flexibility index (Phi) is 2.46. The molecule has 0 aromatic carbocycles. The van der Waals surface area contributed by atoms with E-state index in [1.165, 1.54) is 11.5 Å². The normalized spacial score (nSPS) is 26.9. The van der Waals surface area contributed by atoms with Crippen molar-refractivity contribution in [3.63, 3.8) is 0 Å². The molecule has 2 rings (SSSR count). The van der Waals surface area contributed by atoms with E-state index in [1.807, 2.05) is 7.05 Å². The molecule has 1 aromatic heterocycles. The van der Waals surface area contributed by atoms with Crippen LogP contribution in [0, 0.1) is 5.92 Å². The second kappa shape index (κ2) is 3.59. The molecular weight excluding hydrogens is 186 g/mol. The van der Waals surface area contributed by atoms with Gasteiger partial charge in [-0.15, -0.1) is 0 Å². The molecule has 1 fully saturated rings. The van der Waals surface area contributed by atoms with E-state index in [1.54, 1.807) is 6.33 Å². The zero-order chi connectivity index (χ0) is 9.26. The zero-order valence-corrected chi connectivity index (χ0v) is 8.37. The molecular formula is C8H13N3OS. The SMILES string of the molecule is CN(CC1CC(O)C1)c1ncns1. The van der Waals surface area contributed by atoms with Crippen molar-refractivity contribution >= 4 is 16.7 Å². The zero-order valence-electron chi connectivity index (χ0n) is 7.55. The lowest BCUT2D eigenvalue weighted by Crippen LogP contribution is -2.37. The largest absolute Gasteiger partial charge is 0.393 e. The summed E-state index contributed by atoms with van der Waals surface area (Å²) in [5, 5.41) is 10.1. The van der Waals surface area contributed by atoms with Crippen molar-refractivity contribution < 1.29 is 5.11 Å². The molecule has 0 amide bonds. The van der Waals surface area contributed by atoms with Gasteiger partial charge in [-0.05, 0) is 18.8 Å². The van der Waals surface area contributed by atoms with Gasteiger partial charge in [-0.2, -0.15) is 4.37 Å². The number of rotatable bonds is 3. The first-order valence-electron chi connectivity index (χ1n) is 4.41. The molecule has 1 N–H and O–H groups in total. The Labute approximate surface area is 81.4 Å². The predicted molar refractivity (Wildman–Crippen MR) is 51.9 cm³/mol. The van der Waals surface area contributed by atoms with Crippen molar-refractivity contribution in [2.45, 2.75) is 18.9 Å². The minimum atomic E-state index is -0.0622. The molecule has 1 aromatic rings. The summed E-state index contributed by atoms with van der Waals surface area (Å²) in [6.07, 6.45) is 3.38. The van der Waals surface area contributed by atoms with E-state index in [9.17, 15) is 0 Å². The smallest absolute Gasteiger partial charge is 0.204 e. The minimum absolute atomic E-state index is 0.0622.